The molecule has 0 bridgehead atoms. The van der Waals surface area contributed by atoms with E-state index in [0.717, 1.165) is 17.9 Å². The molecule has 2 aliphatic carbocycles. The molecule has 0 spiro atoms. The van der Waals surface area contributed by atoms with Crippen LogP contribution in [-0.2, 0) is 0 Å². The van der Waals surface area contributed by atoms with Crippen molar-refractivity contribution in [2.24, 2.45) is 11.8 Å². The number of rotatable bonds is 6. The lowest BCUT2D eigenvalue weighted by Crippen LogP contribution is -2.45. The molecule has 1 N–H and O–H groups in total. The van der Waals surface area contributed by atoms with E-state index in [0.29, 0.717) is 12.1 Å². The third-order valence-corrected chi connectivity index (χ3v) is 5.67. The first-order valence-electron chi connectivity index (χ1n) is 9.07. The first kappa shape index (κ1) is 16.3. The van der Waals surface area contributed by atoms with Gasteiger partial charge in [0.15, 0.2) is 0 Å². The lowest BCUT2D eigenvalue weighted by atomic mass is 9.69. The van der Waals surface area contributed by atoms with E-state index < -0.39 is 0 Å². The van der Waals surface area contributed by atoms with Crippen LogP contribution in [0.1, 0.15) is 72.6 Å². The van der Waals surface area contributed by atoms with Gasteiger partial charge in [0.25, 0.3) is 0 Å². The molecule has 0 amide bonds. The minimum Gasteiger partial charge on any atom is -0.313 e. The molecule has 2 saturated carbocycles. The van der Waals surface area contributed by atoms with Crippen LogP contribution in [0.15, 0.2) is 0 Å². The highest BCUT2D eigenvalue weighted by molar-refractivity contribution is 4.86. The number of nitrogens with zero attached hydrogens (tertiary/aromatic N) is 1. The maximum Gasteiger partial charge on any atom is 0.0112 e. The monoisotopic (exact) mass is 280 g/mol. The van der Waals surface area contributed by atoms with E-state index in [1.807, 2.05) is 0 Å². The zero-order valence-electron chi connectivity index (χ0n) is 14.2. The van der Waals surface area contributed by atoms with Crippen molar-refractivity contribution in [3.05, 3.63) is 0 Å². The van der Waals surface area contributed by atoms with Crippen molar-refractivity contribution in [2.45, 2.75) is 90.8 Å². The molecule has 2 rings (SSSR count). The van der Waals surface area contributed by atoms with Crippen LogP contribution >= 0.6 is 0 Å². The molecule has 0 aromatic rings. The summed E-state index contributed by atoms with van der Waals surface area (Å²) >= 11 is 0. The van der Waals surface area contributed by atoms with Gasteiger partial charge in [-0.1, -0.05) is 25.7 Å². The summed E-state index contributed by atoms with van der Waals surface area (Å²) in [6, 6.07) is 2.12. The van der Waals surface area contributed by atoms with Crippen molar-refractivity contribution in [1.82, 2.24) is 10.2 Å². The van der Waals surface area contributed by atoms with E-state index in [1.165, 1.54) is 58.0 Å². The van der Waals surface area contributed by atoms with Crippen molar-refractivity contribution in [3.8, 4) is 0 Å². The van der Waals surface area contributed by atoms with E-state index in [4.69, 9.17) is 0 Å². The van der Waals surface area contributed by atoms with Crippen molar-refractivity contribution in [2.75, 3.05) is 13.1 Å². The molecule has 0 radical (unpaired) electrons. The predicted octanol–water partition coefficient (Wildman–Crippen LogP) is 4.05. The second-order valence-electron chi connectivity index (χ2n) is 7.69. The fourth-order valence-electron chi connectivity index (χ4n) is 4.57. The fourth-order valence-corrected chi connectivity index (χ4v) is 4.57. The van der Waals surface area contributed by atoms with E-state index in [2.05, 4.69) is 37.9 Å². The summed E-state index contributed by atoms with van der Waals surface area (Å²) in [5, 5.41) is 3.85. The molecule has 3 unspecified atom stereocenters. The first-order valence-corrected chi connectivity index (χ1v) is 9.07. The van der Waals surface area contributed by atoms with Gasteiger partial charge in [-0.3, -0.25) is 4.90 Å². The minimum absolute atomic E-state index is 0.658. The number of fused-ring (bicyclic) bond motifs is 1. The zero-order chi connectivity index (χ0) is 14.5. The molecule has 2 heteroatoms. The van der Waals surface area contributed by atoms with Crippen LogP contribution in [0.4, 0.5) is 0 Å². The molecule has 20 heavy (non-hydrogen) atoms. The molecule has 0 aromatic carbocycles. The third kappa shape index (κ3) is 4.46. The molecule has 0 heterocycles. The third-order valence-electron chi connectivity index (χ3n) is 5.67. The largest absolute Gasteiger partial charge is 0.313 e. The lowest BCUT2D eigenvalue weighted by molar-refractivity contribution is 0.135. The summed E-state index contributed by atoms with van der Waals surface area (Å²) in [5.41, 5.74) is 0. The Morgan fingerprint density at radius 1 is 0.900 bits per heavy atom. The van der Waals surface area contributed by atoms with Gasteiger partial charge in [-0.25, -0.2) is 0 Å². The lowest BCUT2D eigenvalue weighted by Gasteiger charge is -2.40. The average Bonchev–Trinajstić information content (AvgIpc) is 2.42. The fraction of sp³-hybridized carbons (Fsp3) is 1.00. The number of hydrogen-bond donors (Lipinski definition) is 1. The molecule has 118 valence electrons. The van der Waals surface area contributed by atoms with Gasteiger partial charge in [0.05, 0.1) is 0 Å². The molecule has 2 aliphatic rings. The first-order chi connectivity index (χ1) is 9.58. The van der Waals surface area contributed by atoms with Crippen molar-refractivity contribution < 1.29 is 0 Å². The van der Waals surface area contributed by atoms with Crippen LogP contribution in [0.3, 0.4) is 0 Å². The Labute approximate surface area is 126 Å². The van der Waals surface area contributed by atoms with Gasteiger partial charge in [0.2, 0.25) is 0 Å². The molecule has 0 aromatic heterocycles. The van der Waals surface area contributed by atoms with Gasteiger partial charge in [-0.2, -0.15) is 0 Å². The summed E-state index contributed by atoms with van der Waals surface area (Å²) in [7, 11) is 0. The van der Waals surface area contributed by atoms with Crippen LogP contribution in [0.5, 0.6) is 0 Å². The normalized spacial score (nSPS) is 31.1. The molecule has 2 nitrogen and oxygen atoms in total. The SMILES string of the molecule is CC(C)N(CCNC1CCC2CCCCC2C1)C(C)C. The van der Waals surface area contributed by atoms with Crippen molar-refractivity contribution in [1.29, 1.82) is 0 Å². The molecular formula is C18H36N2. The standard InChI is InChI=1S/C18H36N2/c1-14(2)20(15(3)4)12-11-19-18-10-9-16-7-5-6-8-17(16)13-18/h14-19H,5-13H2,1-4H3. The smallest absolute Gasteiger partial charge is 0.0112 e. The van der Waals surface area contributed by atoms with Crippen molar-refractivity contribution >= 4 is 0 Å². The van der Waals surface area contributed by atoms with E-state index in [-0.39, 0.29) is 0 Å². The highest BCUT2D eigenvalue weighted by atomic mass is 15.2. The average molecular weight is 280 g/mol. The second kappa shape index (κ2) is 7.79. The van der Waals surface area contributed by atoms with Crippen LogP contribution in [-0.4, -0.2) is 36.1 Å². The quantitative estimate of drug-likeness (QED) is 0.789. The highest BCUT2D eigenvalue weighted by Crippen LogP contribution is 2.40. The minimum atomic E-state index is 0.658. The summed E-state index contributed by atoms with van der Waals surface area (Å²) in [4.78, 5) is 2.60. The topological polar surface area (TPSA) is 15.3 Å². The van der Waals surface area contributed by atoms with Crippen LogP contribution in [0.25, 0.3) is 0 Å². The Balaban J connectivity index is 1.69. The Hall–Kier alpha value is -0.0800. The highest BCUT2D eigenvalue weighted by Gasteiger charge is 2.31. The second-order valence-corrected chi connectivity index (χ2v) is 7.69. The maximum absolute atomic E-state index is 3.85. The maximum atomic E-state index is 3.85. The molecule has 0 aliphatic heterocycles. The summed E-state index contributed by atoms with van der Waals surface area (Å²) in [6.07, 6.45) is 10.4. The Morgan fingerprint density at radius 3 is 2.20 bits per heavy atom. The van der Waals surface area contributed by atoms with Crippen molar-refractivity contribution in [3.63, 3.8) is 0 Å². The van der Waals surface area contributed by atoms with E-state index in [1.54, 1.807) is 0 Å². The van der Waals surface area contributed by atoms with Gasteiger partial charge < -0.3 is 5.32 Å². The van der Waals surface area contributed by atoms with Crippen LogP contribution in [0, 0.1) is 11.8 Å². The zero-order valence-corrected chi connectivity index (χ0v) is 14.2. The Bertz CT molecular complexity index is 267. The van der Waals surface area contributed by atoms with E-state index >= 15 is 0 Å². The summed E-state index contributed by atoms with van der Waals surface area (Å²) < 4.78 is 0. The van der Waals surface area contributed by atoms with Gasteiger partial charge in [0, 0.05) is 31.2 Å². The van der Waals surface area contributed by atoms with Gasteiger partial charge in [-0.15, -0.1) is 0 Å². The van der Waals surface area contributed by atoms with Gasteiger partial charge in [0.1, 0.15) is 0 Å². The predicted molar refractivity (Wildman–Crippen MR) is 88.1 cm³/mol. The Morgan fingerprint density at radius 2 is 1.55 bits per heavy atom. The number of nitrogens with one attached hydrogen (secondary N) is 1. The van der Waals surface area contributed by atoms with E-state index in [9.17, 15) is 0 Å². The van der Waals surface area contributed by atoms with Gasteiger partial charge >= 0.3 is 0 Å². The molecule has 3 atom stereocenters. The van der Waals surface area contributed by atoms with Crippen LogP contribution < -0.4 is 5.32 Å². The molecular weight excluding hydrogens is 244 g/mol. The number of hydrogen-bond acceptors (Lipinski definition) is 2. The summed E-state index contributed by atoms with van der Waals surface area (Å²) in [6.45, 7) is 11.6. The van der Waals surface area contributed by atoms with Gasteiger partial charge in [-0.05, 0) is 58.8 Å². The molecule has 2 fully saturated rings. The van der Waals surface area contributed by atoms with Crippen LogP contribution in [0.2, 0.25) is 0 Å². The Kier molecular flexibility index (Phi) is 6.35. The molecule has 0 saturated heterocycles. The summed E-state index contributed by atoms with van der Waals surface area (Å²) in [5.74, 6) is 2.12.